The number of anilines is 1. The van der Waals surface area contributed by atoms with Crippen LogP contribution < -0.4 is 5.32 Å². The minimum absolute atomic E-state index is 1.02. The van der Waals surface area contributed by atoms with Gasteiger partial charge in [0.25, 0.3) is 0 Å². The highest BCUT2D eigenvalue weighted by atomic mass is 15.0. The Kier molecular flexibility index (Phi) is 1.39. The number of hydrogen-bond donors (Lipinski definition) is 1. The third kappa shape index (κ3) is 1.00. The largest absolute Gasteiger partial charge is 0.370 e. The Balaban J connectivity index is 2.48. The van der Waals surface area contributed by atoms with E-state index in [1.54, 1.807) is 0 Å². The maximum absolute atomic E-state index is 4.25. The monoisotopic (exact) mass is 146 g/mol. The van der Waals surface area contributed by atoms with Crippen molar-refractivity contribution in [3.8, 4) is 0 Å². The molecule has 2 nitrogen and oxygen atoms in total. The van der Waals surface area contributed by atoms with Crippen LogP contribution in [0.1, 0.15) is 11.1 Å². The van der Waals surface area contributed by atoms with Gasteiger partial charge in [-0.3, -0.25) is 0 Å². The fourth-order valence-corrected chi connectivity index (χ4v) is 1.31. The van der Waals surface area contributed by atoms with Crippen LogP contribution in [0.2, 0.25) is 0 Å². The Morgan fingerprint density at radius 1 is 1.64 bits per heavy atom. The first-order chi connectivity index (χ1) is 5.40. The molecular weight excluding hydrogens is 136 g/mol. The lowest BCUT2D eigenvalue weighted by Crippen LogP contribution is -1.92. The summed E-state index contributed by atoms with van der Waals surface area (Å²) in [5.74, 6) is 1.04. The van der Waals surface area contributed by atoms with Crippen molar-refractivity contribution in [2.75, 3.05) is 11.9 Å². The third-order valence-electron chi connectivity index (χ3n) is 1.91. The van der Waals surface area contributed by atoms with Crippen LogP contribution >= 0.6 is 0 Å². The SMILES string of the molecule is C=Cc1cnc2c(c1)CCN2. The molecule has 0 spiro atoms. The topological polar surface area (TPSA) is 24.9 Å². The Morgan fingerprint density at radius 3 is 3.36 bits per heavy atom. The Bertz CT molecular complexity index is 292. The molecule has 11 heavy (non-hydrogen) atoms. The molecule has 0 radical (unpaired) electrons. The quantitative estimate of drug-likeness (QED) is 0.652. The smallest absolute Gasteiger partial charge is 0.129 e. The fourth-order valence-electron chi connectivity index (χ4n) is 1.31. The molecule has 0 aromatic carbocycles. The van der Waals surface area contributed by atoms with Crippen molar-refractivity contribution in [3.05, 3.63) is 30.0 Å². The van der Waals surface area contributed by atoms with E-state index in [0.717, 1.165) is 24.3 Å². The van der Waals surface area contributed by atoms with Crippen molar-refractivity contribution in [2.45, 2.75) is 6.42 Å². The van der Waals surface area contributed by atoms with E-state index < -0.39 is 0 Å². The standard InChI is InChI=1S/C9H10N2/c1-2-7-5-8-3-4-10-9(8)11-6-7/h2,5-6H,1,3-4H2,(H,10,11). The van der Waals surface area contributed by atoms with Gasteiger partial charge in [0.05, 0.1) is 0 Å². The molecular formula is C9H10N2. The van der Waals surface area contributed by atoms with Gasteiger partial charge in [-0.05, 0) is 23.6 Å². The molecule has 1 aliphatic heterocycles. The van der Waals surface area contributed by atoms with Gasteiger partial charge in [-0.15, -0.1) is 0 Å². The van der Waals surface area contributed by atoms with E-state index in [2.05, 4.69) is 22.9 Å². The summed E-state index contributed by atoms with van der Waals surface area (Å²) in [6, 6.07) is 2.13. The van der Waals surface area contributed by atoms with Crippen molar-refractivity contribution in [2.24, 2.45) is 0 Å². The van der Waals surface area contributed by atoms with Crippen LogP contribution in [-0.4, -0.2) is 11.5 Å². The average Bonchev–Trinajstić information content (AvgIpc) is 2.50. The third-order valence-corrected chi connectivity index (χ3v) is 1.91. The molecule has 0 saturated heterocycles. The molecule has 2 rings (SSSR count). The Labute approximate surface area is 66.0 Å². The molecule has 2 heteroatoms. The minimum atomic E-state index is 1.02. The lowest BCUT2D eigenvalue weighted by molar-refractivity contribution is 1.11. The summed E-state index contributed by atoms with van der Waals surface area (Å²) in [5, 5.41) is 3.21. The number of pyridine rings is 1. The van der Waals surface area contributed by atoms with Crippen molar-refractivity contribution in [1.82, 2.24) is 4.98 Å². The van der Waals surface area contributed by atoms with Gasteiger partial charge in [0.15, 0.2) is 0 Å². The second-order valence-corrected chi connectivity index (χ2v) is 2.66. The van der Waals surface area contributed by atoms with Gasteiger partial charge in [-0.2, -0.15) is 0 Å². The van der Waals surface area contributed by atoms with E-state index >= 15 is 0 Å². The highest BCUT2D eigenvalue weighted by molar-refractivity contribution is 5.56. The molecule has 1 aromatic rings. The Morgan fingerprint density at radius 2 is 2.55 bits per heavy atom. The zero-order valence-electron chi connectivity index (χ0n) is 6.30. The molecule has 0 atom stereocenters. The van der Waals surface area contributed by atoms with Gasteiger partial charge in [-0.25, -0.2) is 4.98 Å². The molecule has 1 aromatic heterocycles. The second-order valence-electron chi connectivity index (χ2n) is 2.66. The summed E-state index contributed by atoms with van der Waals surface area (Å²) in [6.45, 7) is 4.71. The maximum Gasteiger partial charge on any atom is 0.129 e. The zero-order valence-corrected chi connectivity index (χ0v) is 6.30. The molecule has 1 N–H and O–H groups in total. The number of nitrogens with one attached hydrogen (secondary N) is 1. The van der Waals surface area contributed by atoms with E-state index in [1.807, 2.05) is 12.3 Å². The van der Waals surface area contributed by atoms with Crippen molar-refractivity contribution in [1.29, 1.82) is 0 Å². The molecule has 0 saturated carbocycles. The van der Waals surface area contributed by atoms with Crippen molar-refractivity contribution < 1.29 is 0 Å². The lowest BCUT2D eigenvalue weighted by atomic mass is 10.2. The van der Waals surface area contributed by atoms with Gasteiger partial charge >= 0.3 is 0 Å². The molecule has 0 aliphatic carbocycles. The maximum atomic E-state index is 4.25. The van der Waals surface area contributed by atoms with E-state index in [9.17, 15) is 0 Å². The van der Waals surface area contributed by atoms with Crippen molar-refractivity contribution >= 4 is 11.9 Å². The van der Waals surface area contributed by atoms with Crippen LogP contribution in [-0.2, 0) is 6.42 Å². The summed E-state index contributed by atoms with van der Waals surface area (Å²) in [7, 11) is 0. The van der Waals surface area contributed by atoms with E-state index in [-0.39, 0.29) is 0 Å². The first-order valence-electron chi connectivity index (χ1n) is 3.75. The molecule has 0 fully saturated rings. The molecule has 56 valence electrons. The number of aromatic nitrogens is 1. The predicted octanol–water partition coefficient (Wildman–Crippen LogP) is 1.69. The highest BCUT2D eigenvalue weighted by Gasteiger charge is 2.09. The predicted molar refractivity (Wildman–Crippen MR) is 46.5 cm³/mol. The van der Waals surface area contributed by atoms with Crippen LogP contribution in [0, 0.1) is 0 Å². The van der Waals surface area contributed by atoms with Gasteiger partial charge in [0, 0.05) is 12.7 Å². The van der Waals surface area contributed by atoms with E-state index in [0.29, 0.717) is 0 Å². The van der Waals surface area contributed by atoms with Crippen LogP contribution in [0.3, 0.4) is 0 Å². The molecule has 0 amide bonds. The Hall–Kier alpha value is -1.31. The second kappa shape index (κ2) is 2.38. The molecule has 2 heterocycles. The fraction of sp³-hybridized carbons (Fsp3) is 0.222. The van der Waals surface area contributed by atoms with Gasteiger partial charge in [-0.1, -0.05) is 12.7 Å². The van der Waals surface area contributed by atoms with Gasteiger partial charge < -0.3 is 5.32 Å². The highest BCUT2D eigenvalue weighted by Crippen LogP contribution is 2.19. The summed E-state index contributed by atoms with van der Waals surface area (Å²) < 4.78 is 0. The van der Waals surface area contributed by atoms with Crippen LogP contribution in [0.5, 0.6) is 0 Å². The minimum Gasteiger partial charge on any atom is -0.370 e. The lowest BCUT2D eigenvalue weighted by Gasteiger charge is -1.98. The number of hydrogen-bond acceptors (Lipinski definition) is 2. The number of rotatable bonds is 1. The van der Waals surface area contributed by atoms with Crippen LogP contribution in [0.15, 0.2) is 18.8 Å². The molecule has 0 unspecified atom stereocenters. The zero-order chi connectivity index (χ0) is 7.68. The molecule has 1 aliphatic rings. The number of nitrogens with zero attached hydrogens (tertiary/aromatic N) is 1. The first kappa shape index (κ1) is 6.40. The summed E-state index contributed by atoms with van der Waals surface area (Å²) in [5.41, 5.74) is 2.41. The number of fused-ring (bicyclic) bond motifs is 1. The molecule has 0 bridgehead atoms. The van der Waals surface area contributed by atoms with Crippen LogP contribution in [0.25, 0.3) is 6.08 Å². The van der Waals surface area contributed by atoms with E-state index in [1.165, 1.54) is 5.56 Å². The van der Waals surface area contributed by atoms with Crippen LogP contribution in [0.4, 0.5) is 5.82 Å². The average molecular weight is 146 g/mol. The van der Waals surface area contributed by atoms with E-state index in [4.69, 9.17) is 0 Å². The van der Waals surface area contributed by atoms with Gasteiger partial charge in [0.2, 0.25) is 0 Å². The normalized spacial score (nSPS) is 13.8. The van der Waals surface area contributed by atoms with Crippen molar-refractivity contribution in [3.63, 3.8) is 0 Å². The summed E-state index contributed by atoms with van der Waals surface area (Å²) in [4.78, 5) is 4.25. The van der Waals surface area contributed by atoms with Gasteiger partial charge in [0.1, 0.15) is 5.82 Å². The first-order valence-corrected chi connectivity index (χ1v) is 3.75. The summed E-state index contributed by atoms with van der Waals surface area (Å²) in [6.07, 6.45) is 4.75. The summed E-state index contributed by atoms with van der Waals surface area (Å²) >= 11 is 0.